The second-order valence-electron chi connectivity index (χ2n) is 6.02. The number of benzene rings is 2. The van der Waals surface area contributed by atoms with Crippen molar-refractivity contribution < 1.29 is 4.39 Å². The van der Waals surface area contributed by atoms with Crippen LogP contribution in [-0.2, 0) is 13.0 Å². The summed E-state index contributed by atoms with van der Waals surface area (Å²) in [6, 6.07) is 15.2. The zero-order valence-corrected chi connectivity index (χ0v) is 15.2. The van der Waals surface area contributed by atoms with Gasteiger partial charge >= 0.3 is 0 Å². The summed E-state index contributed by atoms with van der Waals surface area (Å²) in [5, 5.41) is 6.48. The van der Waals surface area contributed by atoms with Gasteiger partial charge in [0.1, 0.15) is 5.82 Å². The zero-order chi connectivity index (χ0) is 18.1. The van der Waals surface area contributed by atoms with Crippen LogP contribution in [0, 0.1) is 5.82 Å². The highest BCUT2D eigenvalue weighted by Gasteiger charge is 2.02. The molecule has 0 saturated carbocycles. The van der Waals surface area contributed by atoms with Crippen molar-refractivity contribution in [3.8, 4) is 0 Å². The third kappa shape index (κ3) is 6.10. The topological polar surface area (TPSA) is 39.7 Å². The van der Waals surface area contributed by atoms with Gasteiger partial charge in [-0.05, 0) is 42.7 Å². The van der Waals surface area contributed by atoms with E-state index in [1.807, 2.05) is 33.2 Å². The van der Waals surface area contributed by atoms with E-state index in [9.17, 15) is 4.39 Å². The van der Waals surface area contributed by atoms with Gasteiger partial charge in [0.2, 0.25) is 0 Å². The minimum Gasteiger partial charge on any atom is -0.378 e. The fraction of sp³-hybridized carbons (Fsp3) is 0.350. The van der Waals surface area contributed by atoms with Crippen LogP contribution < -0.4 is 15.5 Å². The van der Waals surface area contributed by atoms with E-state index in [2.05, 4.69) is 44.8 Å². The molecule has 4 nitrogen and oxygen atoms in total. The molecule has 0 aliphatic carbocycles. The second kappa shape index (κ2) is 9.67. The number of nitrogens with one attached hydrogen (secondary N) is 2. The summed E-state index contributed by atoms with van der Waals surface area (Å²) < 4.78 is 13.6. The van der Waals surface area contributed by atoms with Gasteiger partial charge in [0.05, 0.1) is 6.54 Å². The van der Waals surface area contributed by atoms with Crippen LogP contribution in [0.1, 0.15) is 18.1 Å². The van der Waals surface area contributed by atoms with E-state index in [-0.39, 0.29) is 5.82 Å². The number of guanidine groups is 1. The summed E-state index contributed by atoms with van der Waals surface area (Å²) in [6.45, 7) is 4.04. The molecule has 5 heteroatoms. The van der Waals surface area contributed by atoms with Crippen molar-refractivity contribution in [3.05, 3.63) is 65.5 Å². The smallest absolute Gasteiger partial charge is 0.191 e. The Kier molecular flexibility index (Phi) is 7.26. The molecule has 0 aliphatic heterocycles. The van der Waals surface area contributed by atoms with Gasteiger partial charge in [0.15, 0.2) is 5.96 Å². The molecule has 0 aliphatic rings. The van der Waals surface area contributed by atoms with E-state index >= 15 is 0 Å². The molecule has 0 unspecified atom stereocenters. The molecule has 0 heterocycles. The average Bonchev–Trinajstić information content (AvgIpc) is 2.61. The van der Waals surface area contributed by atoms with Gasteiger partial charge in [-0.15, -0.1) is 0 Å². The molecule has 0 aromatic heterocycles. The van der Waals surface area contributed by atoms with Crippen LogP contribution in [0.5, 0.6) is 0 Å². The molecule has 25 heavy (non-hydrogen) atoms. The Bertz CT molecular complexity index is 680. The van der Waals surface area contributed by atoms with Crippen molar-refractivity contribution in [2.75, 3.05) is 32.1 Å². The summed E-state index contributed by atoms with van der Waals surface area (Å²) in [7, 11) is 4.05. The molecule has 2 aromatic rings. The highest BCUT2D eigenvalue weighted by atomic mass is 19.1. The minimum absolute atomic E-state index is 0.160. The lowest BCUT2D eigenvalue weighted by Gasteiger charge is -2.13. The Hall–Kier alpha value is -2.56. The van der Waals surface area contributed by atoms with Crippen LogP contribution in [0.3, 0.4) is 0 Å². The molecule has 0 atom stereocenters. The van der Waals surface area contributed by atoms with Crippen LogP contribution in [0.15, 0.2) is 53.5 Å². The van der Waals surface area contributed by atoms with E-state index in [1.54, 1.807) is 6.07 Å². The van der Waals surface area contributed by atoms with Crippen LogP contribution >= 0.6 is 0 Å². The molecular weight excluding hydrogens is 315 g/mol. The second-order valence-corrected chi connectivity index (χ2v) is 6.02. The molecule has 0 saturated heterocycles. The maximum atomic E-state index is 13.6. The number of hydrogen-bond donors (Lipinski definition) is 2. The quantitative estimate of drug-likeness (QED) is 0.600. The molecule has 0 amide bonds. The van der Waals surface area contributed by atoms with E-state index in [4.69, 9.17) is 0 Å². The van der Waals surface area contributed by atoms with E-state index in [1.165, 1.54) is 11.8 Å². The minimum atomic E-state index is -0.160. The Morgan fingerprint density at radius 1 is 1.04 bits per heavy atom. The average molecular weight is 342 g/mol. The third-order valence-electron chi connectivity index (χ3n) is 3.86. The fourth-order valence-electron chi connectivity index (χ4n) is 2.43. The Balaban J connectivity index is 1.90. The van der Waals surface area contributed by atoms with Gasteiger partial charge in [-0.1, -0.05) is 30.3 Å². The first-order valence-electron chi connectivity index (χ1n) is 8.62. The molecule has 134 valence electrons. The van der Waals surface area contributed by atoms with Crippen molar-refractivity contribution in [2.24, 2.45) is 4.99 Å². The maximum Gasteiger partial charge on any atom is 0.191 e. The Morgan fingerprint density at radius 3 is 2.40 bits per heavy atom. The highest BCUT2D eigenvalue weighted by molar-refractivity contribution is 5.79. The van der Waals surface area contributed by atoms with E-state index in [0.717, 1.165) is 18.1 Å². The van der Waals surface area contributed by atoms with Crippen molar-refractivity contribution in [2.45, 2.75) is 19.9 Å². The molecule has 0 spiro atoms. The monoisotopic (exact) mass is 342 g/mol. The van der Waals surface area contributed by atoms with Crippen molar-refractivity contribution in [3.63, 3.8) is 0 Å². The van der Waals surface area contributed by atoms with Crippen molar-refractivity contribution in [1.82, 2.24) is 10.6 Å². The molecular formula is C20H27FN4. The lowest BCUT2D eigenvalue weighted by Crippen LogP contribution is -2.38. The van der Waals surface area contributed by atoms with E-state index < -0.39 is 0 Å². The summed E-state index contributed by atoms with van der Waals surface area (Å²) in [5.41, 5.74) is 3.03. The number of anilines is 1. The van der Waals surface area contributed by atoms with Gasteiger partial charge in [-0.2, -0.15) is 0 Å². The van der Waals surface area contributed by atoms with Gasteiger partial charge in [-0.25, -0.2) is 9.38 Å². The molecule has 2 rings (SSSR count). The molecule has 2 aromatic carbocycles. The maximum absolute atomic E-state index is 13.6. The summed E-state index contributed by atoms with van der Waals surface area (Å²) in [4.78, 5) is 6.67. The first-order chi connectivity index (χ1) is 12.1. The van der Waals surface area contributed by atoms with Gasteiger partial charge in [0, 0.05) is 32.9 Å². The third-order valence-corrected chi connectivity index (χ3v) is 3.86. The molecule has 2 N–H and O–H groups in total. The van der Waals surface area contributed by atoms with E-state index in [0.29, 0.717) is 25.1 Å². The Morgan fingerprint density at radius 2 is 1.76 bits per heavy atom. The van der Waals surface area contributed by atoms with Gasteiger partial charge in [-0.3, -0.25) is 0 Å². The molecule has 0 fully saturated rings. The largest absolute Gasteiger partial charge is 0.378 e. The number of halogens is 1. The predicted octanol–water partition coefficient (Wildman–Crippen LogP) is 3.19. The Labute approximate surface area is 149 Å². The molecule has 0 radical (unpaired) electrons. The number of nitrogens with zero attached hydrogens (tertiary/aromatic N) is 2. The summed E-state index contributed by atoms with van der Waals surface area (Å²) >= 11 is 0. The van der Waals surface area contributed by atoms with Crippen molar-refractivity contribution in [1.29, 1.82) is 0 Å². The van der Waals surface area contributed by atoms with Gasteiger partial charge in [0.25, 0.3) is 0 Å². The lowest BCUT2D eigenvalue weighted by molar-refractivity contribution is 0.606. The standard InChI is InChI=1S/C20H27FN4/c1-4-22-20(23-14-13-17-7-5-6-8-19(17)21)24-15-16-9-11-18(12-10-16)25(2)3/h5-12H,4,13-15H2,1-3H3,(H2,22,23,24). The number of rotatable bonds is 7. The summed E-state index contributed by atoms with van der Waals surface area (Å²) in [6.07, 6.45) is 0.620. The predicted molar refractivity (Wildman–Crippen MR) is 104 cm³/mol. The number of aliphatic imine (C=N–C) groups is 1. The molecule has 0 bridgehead atoms. The van der Waals surface area contributed by atoms with Crippen LogP contribution in [0.4, 0.5) is 10.1 Å². The first-order valence-corrected chi connectivity index (χ1v) is 8.62. The highest BCUT2D eigenvalue weighted by Crippen LogP contribution is 2.12. The van der Waals surface area contributed by atoms with Crippen molar-refractivity contribution >= 4 is 11.6 Å². The zero-order valence-electron chi connectivity index (χ0n) is 15.2. The number of hydrogen-bond acceptors (Lipinski definition) is 2. The first kappa shape index (κ1) is 18.8. The van der Waals surface area contributed by atoms with Gasteiger partial charge < -0.3 is 15.5 Å². The van der Waals surface area contributed by atoms with Crippen LogP contribution in [0.2, 0.25) is 0 Å². The lowest BCUT2D eigenvalue weighted by atomic mass is 10.1. The fourth-order valence-corrected chi connectivity index (χ4v) is 2.43. The SMILES string of the molecule is CCNC(=NCc1ccc(N(C)C)cc1)NCCc1ccccc1F. The van der Waals surface area contributed by atoms with Crippen LogP contribution in [-0.4, -0.2) is 33.1 Å². The normalized spacial score (nSPS) is 11.3. The van der Waals surface area contributed by atoms with Crippen LogP contribution in [0.25, 0.3) is 0 Å². The summed E-state index contributed by atoms with van der Waals surface area (Å²) in [5.74, 6) is 0.586.